The van der Waals surface area contributed by atoms with Crippen LogP contribution in [0.3, 0.4) is 0 Å². The number of hydrogen-bond acceptors (Lipinski definition) is 4. The monoisotopic (exact) mass is 537 g/mol. The first-order valence-corrected chi connectivity index (χ1v) is 13.6. The third-order valence-corrected chi connectivity index (χ3v) is 7.44. The van der Waals surface area contributed by atoms with Crippen molar-refractivity contribution < 1.29 is 19.1 Å². The van der Waals surface area contributed by atoms with Crippen LogP contribution in [0, 0.1) is 0 Å². The van der Waals surface area contributed by atoms with Gasteiger partial charge in [0, 0.05) is 24.2 Å². The molecule has 3 aromatic carbocycles. The number of rotatable bonds is 9. The first-order valence-electron chi connectivity index (χ1n) is 13.6. The van der Waals surface area contributed by atoms with Gasteiger partial charge in [-0.15, -0.1) is 0 Å². The molecule has 40 heavy (non-hydrogen) atoms. The van der Waals surface area contributed by atoms with E-state index in [2.05, 4.69) is 4.57 Å². The number of benzene rings is 3. The van der Waals surface area contributed by atoms with Crippen LogP contribution in [-0.2, 0) is 16.0 Å². The Morgan fingerprint density at radius 2 is 1.60 bits per heavy atom. The largest absolute Gasteiger partial charge is 0.497 e. The van der Waals surface area contributed by atoms with Crippen molar-refractivity contribution in [1.82, 2.24) is 9.47 Å². The van der Waals surface area contributed by atoms with Crippen LogP contribution in [0.15, 0.2) is 91.1 Å². The van der Waals surface area contributed by atoms with Gasteiger partial charge in [0.15, 0.2) is 0 Å². The van der Waals surface area contributed by atoms with E-state index in [4.69, 9.17) is 9.47 Å². The number of anilines is 1. The Bertz CT molecular complexity index is 1490. The lowest BCUT2D eigenvalue weighted by Crippen LogP contribution is -2.48. The van der Waals surface area contributed by atoms with E-state index in [1.807, 2.05) is 110 Å². The third-order valence-electron chi connectivity index (χ3n) is 7.44. The predicted molar refractivity (Wildman–Crippen MR) is 156 cm³/mol. The maximum atomic E-state index is 14.4. The molecule has 206 valence electrons. The molecule has 4 aromatic rings. The number of aryl methyl sites for hydroxylation is 1. The molecular weight excluding hydrogens is 502 g/mol. The van der Waals surface area contributed by atoms with Gasteiger partial charge < -0.3 is 18.9 Å². The number of nitrogens with zero attached hydrogens (tertiary/aromatic N) is 3. The summed E-state index contributed by atoms with van der Waals surface area (Å²) in [5.74, 6) is 1.10. The van der Waals surface area contributed by atoms with Crippen LogP contribution in [0.1, 0.15) is 43.1 Å². The van der Waals surface area contributed by atoms with Crippen LogP contribution < -0.4 is 14.4 Å². The second-order valence-corrected chi connectivity index (χ2v) is 10.2. The number of hydrogen-bond donors (Lipinski definition) is 0. The molecule has 1 unspecified atom stereocenters. The molecule has 0 saturated carbocycles. The lowest BCUT2D eigenvalue weighted by atomic mass is 9.96. The Kier molecular flexibility index (Phi) is 7.91. The zero-order valence-electron chi connectivity index (χ0n) is 23.4. The van der Waals surface area contributed by atoms with E-state index < -0.39 is 6.04 Å². The highest BCUT2D eigenvalue weighted by molar-refractivity contribution is 6.00. The van der Waals surface area contributed by atoms with Gasteiger partial charge in [0.05, 0.1) is 31.3 Å². The maximum absolute atomic E-state index is 14.4. The van der Waals surface area contributed by atoms with Gasteiger partial charge in [-0.2, -0.15) is 0 Å². The topological polar surface area (TPSA) is 64.0 Å². The summed E-state index contributed by atoms with van der Waals surface area (Å²) >= 11 is 0. The molecule has 0 aliphatic carbocycles. The Morgan fingerprint density at radius 3 is 2.30 bits per heavy atom. The van der Waals surface area contributed by atoms with Crippen molar-refractivity contribution in [2.75, 3.05) is 25.7 Å². The number of ether oxygens (including phenoxy) is 2. The highest BCUT2D eigenvalue weighted by Crippen LogP contribution is 2.45. The number of amides is 2. The first-order chi connectivity index (χ1) is 19.4. The molecule has 2 heterocycles. The minimum Gasteiger partial charge on any atom is -0.497 e. The highest BCUT2D eigenvalue weighted by atomic mass is 16.5. The van der Waals surface area contributed by atoms with E-state index in [1.54, 1.807) is 19.1 Å². The number of carbonyl (C=O) groups is 2. The van der Waals surface area contributed by atoms with Gasteiger partial charge in [-0.3, -0.25) is 14.5 Å². The summed E-state index contributed by atoms with van der Waals surface area (Å²) in [5, 5.41) is 0. The molecule has 1 atom stereocenters. The minimum atomic E-state index is -0.490. The van der Waals surface area contributed by atoms with Crippen LogP contribution in [0.25, 0.3) is 5.69 Å². The SMILES string of the molecule is COc1ccc(OC)c(C2c3cccn3-c3ccccc3N2C(=O)CN(C(=O)CCc2ccccc2)C(C)C)c1. The molecule has 7 heteroatoms. The second kappa shape index (κ2) is 11.7. The molecule has 7 nitrogen and oxygen atoms in total. The average Bonchev–Trinajstić information content (AvgIpc) is 3.48. The Labute approximate surface area is 235 Å². The van der Waals surface area contributed by atoms with Crippen LogP contribution >= 0.6 is 0 Å². The van der Waals surface area contributed by atoms with Crippen molar-refractivity contribution >= 4 is 17.5 Å². The van der Waals surface area contributed by atoms with Crippen LogP contribution in [0.5, 0.6) is 11.5 Å². The van der Waals surface area contributed by atoms with E-state index in [0.29, 0.717) is 24.3 Å². The molecule has 0 bridgehead atoms. The van der Waals surface area contributed by atoms with Crippen molar-refractivity contribution in [2.45, 2.75) is 38.8 Å². The summed E-state index contributed by atoms with van der Waals surface area (Å²) in [6.07, 6.45) is 2.96. The predicted octanol–water partition coefficient (Wildman–Crippen LogP) is 5.80. The standard InChI is InChI=1S/C33H35N3O4/c1-23(2)35(31(37)19-16-24-11-6-5-7-12-24)22-32(38)36-28-14-9-8-13-27(28)34-20-10-15-29(34)33(36)26-21-25(39-3)17-18-30(26)40-4/h5-15,17-18,20-21,23,33H,16,19,22H2,1-4H3. The van der Waals surface area contributed by atoms with Gasteiger partial charge in [-0.05, 0) is 68.3 Å². The van der Waals surface area contributed by atoms with E-state index >= 15 is 0 Å². The number of methoxy groups -OCH3 is 2. The molecule has 1 aliphatic rings. The summed E-state index contributed by atoms with van der Waals surface area (Å²) in [6.45, 7) is 3.86. The molecule has 0 N–H and O–H groups in total. The molecule has 1 aliphatic heterocycles. The fourth-order valence-corrected chi connectivity index (χ4v) is 5.43. The number of para-hydroxylation sites is 2. The molecule has 2 amide bonds. The highest BCUT2D eigenvalue weighted by Gasteiger charge is 2.38. The van der Waals surface area contributed by atoms with Crippen LogP contribution in [-0.4, -0.2) is 48.1 Å². The zero-order valence-corrected chi connectivity index (χ0v) is 23.4. The van der Waals surface area contributed by atoms with E-state index in [9.17, 15) is 9.59 Å². The summed E-state index contributed by atoms with van der Waals surface area (Å²) in [4.78, 5) is 31.3. The van der Waals surface area contributed by atoms with Crippen molar-refractivity contribution in [1.29, 1.82) is 0 Å². The number of carbonyl (C=O) groups excluding carboxylic acids is 2. The quantitative estimate of drug-likeness (QED) is 0.271. The molecular formula is C33H35N3O4. The van der Waals surface area contributed by atoms with Gasteiger partial charge in [0.25, 0.3) is 0 Å². The molecule has 0 radical (unpaired) electrons. The lowest BCUT2D eigenvalue weighted by Gasteiger charge is -2.40. The first kappa shape index (κ1) is 27.1. The molecule has 0 spiro atoms. The van der Waals surface area contributed by atoms with Crippen molar-refractivity contribution in [3.05, 3.63) is 108 Å². The molecule has 1 aromatic heterocycles. The van der Waals surface area contributed by atoms with Gasteiger partial charge >= 0.3 is 0 Å². The fourth-order valence-electron chi connectivity index (χ4n) is 5.43. The van der Waals surface area contributed by atoms with Crippen molar-refractivity contribution in [3.63, 3.8) is 0 Å². The average molecular weight is 538 g/mol. The van der Waals surface area contributed by atoms with Gasteiger partial charge in [0.2, 0.25) is 11.8 Å². The minimum absolute atomic E-state index is 0.0386. The van der Waals surface area contributed by atoms with E-state index in [-0.39, 0.29) is 24.4 Å². The maximum Gasteiger partial charge on any atom is 0.247 e. The van der Waals surface area contributed by atoms with Crippen molar-refractivity contribution in [2.24, 2.45) is 0 Å². The van der Waals surface area contributed by atoms with Crippen LogP contribution in [0.4, 0.5) is 5.69 Å². The third kappa shape index (κ3) is 5.19. The molecule has 0 saturated heterocycles. The van der Waals surface area contributed by atoms with Crippen molar-refractivity contribution in [3.8, 4) is 17.2 Å². The summed E-state index contributed by atoms with van der Waals surface area (Å²) in [6, 6.07) is 26.8. The fraction of sp³-hybridized carbons (Fsp3) is 0.273. The normalized spacial score (nSPS) is 13.9. The molecule has 5 rings (SSSR count). The lowest BCUT2D eigenvalue weighted by molar-refractivity contribution is -0.137. The summed E-state index contributed by atoms with van der Waals surface area (Å²) in [5.41, 5.74) is 4.50. The molecule has 0 fully saturated rings. The van der Waals surface area contributed by atoms with Gasteiger partial charge in [-0.25, -0.2) is 0 Å². The number of fused-ring (bicyclic) bond motifs is 3. The summed E-state index contributed by atoms with van der Waals surface area (Å²) in [7, 11) is 3.24. The Hall–Kier alpha value is -4.52. The second-order valence-electron chi connectivity index (χ2n) is 10.2. The summed E-state index contributed by atoms with van der Waals surface area (Å²) < 4.78 is 13.4. The van der Waals surface area contributed by atoms with Crippen LogP contribution in [0.2, 0.25) is 0 Å². The van der Waals surface area contributed by atoms with E-state index in [0.717, 1.165) is 28.2 Å². The Balaban J connectivity index is 1.53. The van der Waals surface area contributed by atoms with E-state index in [1.165, 1.54) is 0 Å². The number of aromatic nitrogens is 1. The smallest absolute Gasteiger partial charge is 0.247 e. The van der Waals surface area contributed by atoms with Gasteiger partial charge in [0.1, 0.15) is 24.1 Å². The Morgan fingerprint density at radius 1 is 0.875 bits per heavy atom. The zero-order chi connectivity index (χ0) is 28.2. The van der Waals surface area contributed by atoms with Gasteiger partial charge in [-0.1, -0.05) is 42.5 Å².